The molecule has 1 atom stereocenters. The Morgan fingerprint density at radius 1 is 1.53 bits per heavy atom. The van der Waals surface area contributed by atoms with Gasteiger partial charge in [-0.05, 0) is 32.1 Å². The van der Waals surface area contributed by atoms with Crippen molar-refractivity contribution in [3.63, 3.8) is 0 Å². The summed E-state index contributed by atoms with van der Waals surface area (Å²) in [6.07, 6.45) is 2.78. The molecule has 2 aliphatic rings. The molecule has 86 valence electrons. The van der Waals surface area contributed by atoms with E-state index in [0.29, 0.717) is 6.04 Å². The standard InChI is InChI=1S/C10H19N3OS/c1-13-4-5-14-9(7-13)6-11-10(15)12-8-2-3-8/h8-9H,2-7H2,1H3,(H2,11,12,15). The molecule has 0 spiro atoms. The number of hydrogen-bond donors (Lipinski definition) is 2. The molecule has 0 radical (unpaired) electrons. The van der Waals surface area contributed by atoms with E-state index in [0.717, 1.165) is 31.4 Å². The highest BCUT2D eigenvalue weighted by Crippen LogP contribution is 2.18. The summed E-state index contributed by atoms with van der Waals surface area (Å²) in [7, 11) is 2.12. The lowest BCUT2D eigenvalue weighted by molar-refractivity contribution is -0.0160. The number of nitrogens with zero attached hydrogens (tertiary/aromatic N) is 1. The first kappa shape index (κ1) is 11.1. The maximum Gasteiger partial charge on any atom is 0.166 e. The Labute approximate surface area is 96.3 Å². The lowest BCUT2D eigenvalue weighted by atomic mass is 10.3. The van der Waals surface area contributed by atoms with Gasteiger partial charge in [-0.1, -0.05) is 0 Å². The highest BCUT2D eigenvalue weighted by molar-refractivity contribution is 7.80. The maximum atomic E-state index is 5.63. The van der Waals surface area contributed by atoms with Gasteiger partial charge in [-0.2, -0.15) is 0 Å². The smallest absolute Gasteiger partial charge is 0.166 e. The van der Waals surface area contributed by atoms with Crippen LogP contribution in [0.5, 0.6) is 0 Å². The summed E-state index contributed by atoms with van der Waals surface area (Å²) in [6, 6.07) is 0.625. The molecule has 4 nitrogen and oxygen atoms in total. The zero-order chi connectivity index (χ0) is 10.7. The summed E-state index contributed by atoms with van der Waals surface area (Å²) in [6.45, 7) is 3.65. The van der Waals surface area contributed by atoms with Crippen LogP contribution < -0.4 is 10.6 Å². The molecule has 15 heavy (non-hydrogen) atoms. The summed E-state index contributed by atoms with van der Waals surface area (Å²) in [4.78, 5) is 2.28. The molecule has 2 fully saturated rings. The Morgan fingerprint density at radius 2 is 2.33 bits per heavy atom. The Bertz CT molecular complexity index is 233. The van der Waals surface area contributed by atoms with E-state index in [1.165, 1.54) is 12.8 Å². The van der Waals surface area contributed by atoms with Gasteiger partial charge in [-0.15, -0.1) is 0 Å². The predicted octanol–water partition coefficient (Wildman–Crippen LogP) is -0.0565. The molecule has 1 unspecified atom stereocenters. The van der Waals surface area contributed by atoms with Gasteiger partial charge in [0, 0.05) is 25.7 Å². The SMILES string of the molecule is CN1CCOC(CNC(=S)NC2CC2)C1. The molecule has 2 N–H and O–H groups in total. The Hall–Kier alpha value is -0.390. The first-order valence-corrected chi connectivity index (χ1v) is 5.99. The summed E-state index contributed by atoms with van der Waals surface area (Å²) >= 11 is 5.18. The minimum atomic E-state index is 0.266. The minimum Gasteiger partial charge on any atom is -0.374 e. The Balaban J connectivity index is 1.61. The largest absolute Gasteiger partial charge is 0.374 e. The van der Waals surface area contributed by atoms with E-state index in [9.17, 15) is 0 Å². The van der Waals surface area contributed by atoms with Crippen LogP contribution in [0.1, 0.15) is 12.8 Å². The van der Waals surface area contributed by atoms with Crippen molar-refractivity contribution >= 4 is 17.3 Å². The molecule has 1 saturated heterocycles. The average Bonchev–Trinajstić information content (AvgIpc) is 2.99. The monoisotopic (exact) mass is 229 g/mol. The van der Waals surface area contributed by atoms with Crippen molar-refractivity contribution in [1.29, 1.82) is 0 Å². The predicted molar refractivity (Wildman–Crippen MR) is 64.0 cm³/mol. The lowest BCUT2D eigenvalue weighted by Gasteiger charge is -2.30. The van der Waals surface area contributed by atoms with Gasteiger partial charge in [-0.3, -0.25) is 0 Å². The quantitative estimate of drug-likeness (QED) is 0.663. The van der Waals surface area contributed by atoms with E-state index >= 15 is 0 Å². The molecule has 0 amide bonds. The Morgan fingerprint density at radius 3 is 3.00 bits per heavy atom. The number of rotatable bonds is 3. The molecular weight excluding hydrogens is 210 g/mol. The Kier molecular flexibility index (Phi) is 3.77. The second-order valence-corrected chi connectivity index (χ2v) is 4.79. The fourth-order valence-corrected chi connectivity index (χ4v) is 1.91. The van der Waals surface area contributed by atoms with Gasteiger partial charge in [0.15, 0.2) is 5.11 Å². The number of nitrogens with one attached hydrogen (secondary N) is 2. The number of thiocarbonyl (C=S) groups is 1. The molecule has 0 bridgehead atoms. The molecule has 5 heteroatoms. The molecule has 0 aromatic heterocycles. The van der Waals surface area contributed by atoms with E-state index in [1.54, 1.807) is 0 Å². The second kappa shape index (κ2) is 5.09. The highest BCUT2D eigenvalue weighted by Gasteiger charge is 2.22. The van der Waals surface area contributed by atoms with E-state index in [2.05, 4.69) is 22.6 Å². The molecule has 1 heterocycles. The third-order valence-corrected chi connectivity index (χ3v) is 3.01. The van der Waals surface area contributed by atoms with E-state index in [4.69, 9.17) is 17.0 Å². The van der Waals surface area contributed by atoms with Crippen molar-refractivity contribution in [1.82, 2.24) is 15.5 Å². The van der Waals surface area contributed by atoms with Crippen LogP contribution in [-0.2, 0) is 4.74 Å². The van der Waals surface area contributed by atoms with Crippen molar-refractivity contribution < 1.29 is 4.74 Å². The van der Waals surface area contributed by atoms with E-state index in [1.807, 2.05) is 0 Å². The van der Waals surface area contributed by atoms with Gasteiger partial charge >= 0.3 is 0 Å². The van der Waals surface area contributed by atoms with Crippen LogP contribution in [0, 0.1) is 0 Å². The normalized spacial score (nSPS) is 27.4. The summed E-state index contributed by atoms with van der Waals surface area (Å²) in [5, 5.41) is 7.24. The maximum absolute atomic E-state index is 5.63. The fraction of sp³-hybridized carbons (Fsp3) is 0.900. The summed E-state index contributed by atoms with van der Waals surface area (Å²) < 4.78 is 5.63. The van der Waals surface area contributed by atoms with Crippen molar-refractivity contribution in [2.24, 2.45) is 0 Å². The number of likely N-dealkylation sites (N-methyl/N-ethyl adjacent to an activating group) is 1. The van der Waals surface area contributed by atoms with E-state index < -0.39 is 0 Å². The third kappa shape index (κ3) is 3.93. The van der Waals surface area contributed by atoms with Gasteiger partial charge in [0.1, 0.15) is 0 Å². The van der Waals surface area contributed by atoms with Crippen molar-refractivity contribution in [3.05, 3.63) is 0 Å². The summed E-state index contributed by atoms with van der Waals surface area (Å²) in [5.41, 5.74) is 0. The number of ether oxygens (including phenoxy) is 1. The average molecular weight is 229 g/mol. The van der Waals surface area contributed by atoms with Crippen molar-refractivity contribution in [3.8, 4) is 0 Å². The van der Waals surface area contributed by atoms with Crippen LogP contribution in [0.15, 0.2) is 0 Å². The van der Waals surface area contributed by atoms with Crippen LogP contribution >= 0.6 is 12.2 Å². The van der Waals surface area contributed by atoms with Gasteiger partial charge < -0.3 is 20.3 Å². The molecule has 1 saturated carbocycles. The molecular formula is C10H19N3OS. The zero-order valence-electron chi connectivity index (χ0n) is 9.16. The highest BCUT2D eigenvalue weighted by atomic mass is 32.1. The topological polar surface area (TPSA) is 36.5 Å². The van der Waals surface area contributed by atoms with Crippen molar-refractivity contribution in [2.75, 3.05) is 33.3 Å². The third-order valence-electron chi connectivity index (χ3n) is 2.74. The number of morpholine rings is 1. The second-order valence-electron chi connectivity index (χ2n) is 4.38. The van der Waals surface area contributed by atoms with Crippen LogP contribution in [0.25, 0.3) is 0 Å². The van der Waals surface area contributed by atoms with Crippen LogP contribution in [0.3, 0.4) is 0 Å². The number of hydrogen-bond acceptors (Lipinski definition) is 3. The molecule has 1 aliphatic carbocycles. The van der Waals surface area contributed by atoms with Crippen LogP contribution in [-0.4, -0.2) is 55.4 Å². The van der Waals surface area contributed by atoms with Crippen LogP contribution in [0.4, 0.5) is 0 Å². The minimum absolute atomic E-state index is 0.266. The first-order chi connectivity index (χ1) is 7.24. The first-order valence-electron chi connectivity index (χ1n) is 5.58. The lowest BCUT2D eigenvalue weighted by Crippen LogP contribution is -2.48. The summed E-state index contributed by atoms with van der Waals surface area (Å²) in [5.74, 6) is 0. The van der Waals surface area contributed by atoms with Gasteiger partial charge in [0.05, 0.1) is 12.7 Å². The molecule has 0 aromatic carbocycles. The van der Waals surface area contributed by atoms with E-state index in [-0.39, 0.29) is 6.10 Å². The zero-order valence-corrected chi connectivity index (χ0v) is 9.98. The molecule has 2 rings (SSSR count). The van der Waals surface area contributed by atoms with Gasteiger partial charge in [0.2, 0.25) is 0 Å². The van der Waals surface area contributed by atoms with Gasteiger partial charge in [0.25, 0.3) is 0 Å². The molecule has 0 aromatic rings. The van der Waals surface area contributed by atoms with Crippen molar-refractivity contribution in [2.45, 2.75) is 25.0 Å². The molecule has 1 aliphatic heterocycles. The fourth-order valence-electron chi connectivity index (χ4n) is 1.66. The van der Waals surface area contributed by atoms with Crippen LogP contribution in [0.2, 0.25) is 0 Å². The van der Waals surface area contributed by atoms with Gasteiger partial charge in [-0.25, -0.2) is 0 Å².